The summed E-state index contributed by atoms with van der Waals surface area (Å²) in [5.74, 6) is 0.623. The quantitative estimate of drug-likeness (QED) is 0.607. The Morgan fingerprint density at radius 1 is 1.06 bits per heavy atom. The number of halogens is 3. The Morgan fingerprint density at radius 3 is 2.66 bits per heavy atom. The van der Waals surface area contributed by atoms with Gasteiger partial charge in [-0.15, -0.1) is 0 Å². The van der Waals surface area contributed by atoms with Gasteiger partial charge in [0.1, 0.15) is 5.82 Å². The first-order chi connectivity index (χ1) is 15.4. The molecule has 9 heteroatoms. The molecule has 0 spiro atoms. The van der Waals surface area contributed by atoms with Crippen LogP contribution in [0.1, 0.15) is 40.5 Å². The first-order valence-corrected chi connectivity index (χ1v) is 10.6. The third-order valence-electron chi connectivity index (χ3n) is 6.12. The Balaban J connectivity index is 1.29. The second kappa shape index (κ2) is 7.96. The molecule has 2 aliphatic heterocycles. The Labute approximate surface area is 183 Å². The van der Waals surface area contributed by atoms with Gasteiger partial charge in [0.2, 0.25) is 0 Å². The highest BCUT2D eigenvalue weighted by Crippen LogP contribution is 2.31. The van der Waals surface area contributed by atoms with Gasteiger partial charge in [-0.2, -0.15) is 18.3 Å². The number of nitrogens with zero attached hydrogens (tertiary/aromatic N) is 5. The van der Waals surface area contributed by atoms with Crippen LogP contribution in [0.25, 0.3) is 0 Å². The third kappa shape index (κ3) is 3.83. The maximum absolute atomic E-state index is 13.0. The standard InChI is InChI=1S/C23H22F3N5O/c24-23(25,26)20-10-13-31(28-20)18-5-3-11-29(15-18)21-8-7-17(14-27-21)22(32)30-12-9-16-4-1-2-6-19(16)30/h1-2,4,6-8,10,13-14,18H,3,5,9,11-12,15H2. The number of anilines is 2. The highest BCUT2D eigenvalue weighted by atomic mass is 19.4. The van der Waals surface area contributed by atoms with Crippen LogP contribution < -0.4 is 9.80 Å². The smallest absolute Gasteiger partial charge is 0.354 e. The van der Waals surface area contributed by atoms with Crippen molar-refractivity contribution in [3.8, 4) is 0 Å². The molecule has 1 amide bonds. The van der Waals surface area contributed by atoms with Gasteiger partial charge in [-0.25, -0.2) is 4.98 Å². The monoisotopic (exact) mass is 441 g/mol. The largest absolute Gasteiger partial charge is 0.435 e. The maximum atomic E-state index is 13.0. The van der Waals surface area contributed by atoms with E-state index in [9.17, 15) is 18.0 Å². The summed E-state index contributed by atoms with van der Waals surface area (Å²) in [4.78, 5) is 21.3. The molecule has 1 atom stereocenters. The van der Waals surface area contributed by atoms with Gasteiger partial charge < -0.3 is 9.80 Å². The van der Waals surface area contributed by atoms with Crippen LogP contribution in [-0.4, -0.2) is 40.3 Å². The summed E-state index contributed by atoms with van der Waals surface area (Å²) < 4.78 is 40.0. The van der Waals surface area contributed by atoms with E-state index in [0.29, 0.717) is 24.5 Å². The van der Waals surface area contributed by atoms with Gasteiger partial charge in [0.15, 0.2) is 5.69 Å². The number of para-hydroxylation sites is 1. The first kappa shape index (κ1) is 20.5. The van der Waals surface area contributed by atoms with E-state index in [1.807, 2.05) is 35.2 Å². The summed E-state index contributed by atoms with van der Waals surface area (Å²) in [6, 6.07) is 12.3. The summed E-state index contributed by atoms with van der Waals surface area (Å²) in [6.07, 6.45) is 0.933. The zero-order chi connectivity index (χ0) is 22.3. The Kier molecular flexibility index (Phi) is 5.11. The summed E-state index contributed by atoms with van der Waals surface area (Å²) in [5.41, 5.74) is 1.75. The third-order valence-corrected chi connectivity index (χ3v) is 6.12. The van der Waals surface area contributed by atoms with E-state index in [1.54, 1.807) is 17.2 Å². The molecule has 2 aliphatic rings. The van der Waals surface area contributed by atoms with Crippen molar-refractivity contribution < 1.29 is 18.0 Å². The van der Waals surface area contributed by atoms with Crippen molar-refractivity contribution >= 4 is 17.4 Å². The first-order valence-electron chi connectivity index (χ1n) is 10.6. The van der Waals surface area contributed by atoms with Crippen LogP contribution in [0, 0.1) is 0 Å². The molecule has 1 fully saturated rings. The van der Waals surface area contributed by atoms with Crippen molar-refractivity contribution in [1.29, 1.82) is 0 Å². The molecule has 5 rings (SSSR count). The lowest BCUT2D eigenvalue weighted by molar-refractivity contribution is -0.141. The minimum absolute atomic E-state index is 0.0817. The predicted molar refractivity (Wildman–Crippen MR) is 114 cm³/mol. The van der Waals surface area contributed by atoms with Crippen LogP contribution in [0.2, 0.25) is 0 Å². The number of alkyl halides is 3. The predicted octanol–water partition coefficient (Wildman–Crippen LogP) is 4.34. The Morgan fingerprint density at radius 2 is 1.91 bits per heavy atom. The number of pyridine rings is 1. The number of piperidine rings is 1. The van der Waals surface area contributed by atoms with E-state index >= 15 is 0 Å². The molecule has 0 N–H and O–H groups in total. The lowest BCUT2D eigenvalue weighted by Gasteiger charge is -2.33. The topological polar surface area (TPSA) is 54.3 Å². The van der Waals surface area contributed by atoms with Crippen molar-refractivity contribution in [3.05, 3.63) is 71.7 Å². The fourth-order valence-corrected chi connectivity index (χ4v) is 4.48. The molecule has 1 unspecified atom stereocenters. The van der Waals surface area contributed by atoms with Crippen molar-refractivity contribution in [2.24, 2.45) is 0 Å². The molecule has 0 radical (unpaired) electrons. The van der Waals surface area contributed by atoms with Gasteiger partial charge in [-0.1, -0.05) is 18.2 Å². The van der Waals surface area contributed by atoms with E-state index in [-0.39, 0.29) is 11.9 Å². The zero-order valence-corrected chi connectivity index (χ0v) is 17.3. The van der Waals surface area contributed by atoms with Crippen molar-refractivity contribution in [3.63, 3.8) is 0 Å². The van der Waals surface area contributed by atoms with E-state index < -0.39 is 11.9 Å². The Bertz CT molecular complexity index is 1130. The van der Waals surface area contributed by atoms with Crippen LogP contribution in [0.5, 0.6) is 0 Å². The Hall–Kier alpha value is -3.36. The highest BCUT2D eigenvalue weighted by Gasteiger charge is 2.34. The molecule has 0 bridgehead atoms. The lowest BCUT2D eigenvalue weighted by atomic mass is 10.1. The summed E-state index contributed by atoms with van der Waals surface area (Å²) in [6.45, 7) is 1.92. The van der Waals surface area contributed by atoms with Gasteiger partial charge in [-0.05, 0) is 49.1 Å². The molecule has 3 aromatic rings. The fraction of sp³-hybridized carbons (Fsp3) is 0.348. The number of hydrogen-bond acceptors (Lipinski definition) is 4. The van der Waals surface area contributed by atoms with Crippen molar-refractivity contribution in [2.75, 3.05) is 29.4 Å². The number of amides is 1. The van der Waals surface area contributed by atoms with Gasteiger partial charge in [-0.3, -0.25) is 9.48 Å². The van der Waals surface area contributed by atoms with Crippen LogP contribution in [-0.2, 0) is 12.6 Å². The van der Waals surface area contributed by atoms with E-state index in [2.05, 4.69) is 10.1 Å². The number of rotatable bonds is 3. The SMILES string of the molecule is O=C(c1ccc(N2CCCC(n3ccc(C(F)(F)F)n3)C2)nc1)N1CCc2ccccc21. The molecule has 1 saturated heterocycles. The molecular weight excluding hydrogens is 419 g/mol. The van der Waals surface area contributed by atoms with Crippen LogP contribution in [0.3, 0.4) is 0 Å². The van der Waals surface area contributed by atoms with Crippen molar-refractivity contribution in [2.45, 2.75) is 31.5 Å². The number of benzene rings is 1. The highest BCUT2D eigenvalue weighted by molar-refractivity contribution is 6.07. The minimum atomic E-state index is -4.45. The maximum Gasteiger partial charge on any atom is 0.435 e. The second-order valence-electron chi connectivity index (χ2n) is 8.16. The molecule has 1 aromatic carbocycles. The number of fused-ring (bicyclic) bond motifs is 1. The molecule has 4 heterocycles. The number of carbonyl (C=O) groups excluding carboxylic acids is 1. The van der Waals surface area contributed by atoms with Crippen molar-refractivity contribution in [1.82, 2.24) is 14.8 Å². The number of aromatic nitrogens is 3. The fourth-order valence-electron chi connectivity index (χ4n) is 4.48. The van der Waals surface area contributed by atoms with E-state index in [4.69, 9.17) is 0 Å². The molecule has 0 aliphatic carbocycles. The normalized spacial score (nSPS) is 18.7. The van der Waals surface area contributed by atoms with Gasteiger partial charge in [0.05, 0.1) is 11.6 Å². The minimum Gasteiger partial charge on any atom is -0.354 e. The molecule has 0 saturated carbocycles. The van der Waals surface area contributed by atoms with Crippen LogP contribution in [0.15, 0.2) is 54.9 Å². The molecule has 6 nitrogen and oxygen atoms in total. The summed E-state index contributed by atoms with van der Waals surface area (Å²) in [7, 11) is 0. The molecule has 2 aromatic heterocycles. The molecule has 32 heavy (non-hydrogen) atoms. The van der Waals surface area contributed by atoms with Gasteiger partial charge in [0.25, 0.3) is 5.91 Å². The van der Waals surface area contributed by atoms with Gasteiger partial charge in [0, 0.05) is 37.7 Å². The van der Waals surface area contributed by atoms with Gasteiger partial charge >= 0.3 is 6.18 Å². The lowest BCUT2D eigenvalue weighted by Crippen LogP contribution is -2.37. The van der Waals surface area contributed by atoms with E-state index in [0.717, 1.165) is 43.1 Å². The second-order valence-corrected chi connectivity index (χ2v) is 8.16. The molecule has 166 valence electrons. The van der Waals surface area contributed by atoms with E-state index in [1.165, 1.54) is 10.9 Å². The average Bonchev–Trinajstić information content (AvgIpc) is 3.47. The van der Waals surface area contributed by atoms with Crippen LogP contribution in [0.4, 0.5) is 24.7 Å². The number of carbonyl (C=O) groups is 1. The molecular formula is C23H22F3N5O. The summed E-state index contributed by atoms with van der Waals surface area (Å²) in [5, 5.41) is 3.73. The zero-order valence-electron chi connectivity index (χ0n) is 17.3. The summed E-state index contributed by atoms with van der Waals surface area (Å²) >= 11 is 0. The average molecular weight is 441 g/mol. The number of hydrogen-bond donors (Lipinski definition) is 0. The van der Waals surface area contributed by atoms with Crippen LogP contribution >= 0.6 is 0 Å².